The van der Waals surface area contributed by atoms with Crippen LogP contribution in [0.2, 0.25) is 0 Å². The summed E-state index contributed by atoms with van der Waals surface area (Å²) in [6, 6.07) is 1.22. The van der Waals surface area contributed by atoms with Gasteiger partial charge in [0.1, 0.15) is 0 Å². The zero-order chi connectivity index (χ0) is 13.0. The molecule has 0 heterocycles. The molecule has 0 radical (unpaired) electrons. The molecule has 3 nitrogen and oxygen atoms in total. The molecule has 1 N–H and O–H groups in total. The van der Waals surface area contributed by atoms with Gasteiger partial charge in [-0.25, -0.2) is 0 Å². The summed E-state index contributed by atoms with van der Waals surface area (Å²) in [5.41, 5.74) is 0. The van der Waals surface area contributed by atoms with Crippen LogP contribution in [-0.2, 0) is 0 Å². The van der Waals surface area contributed by atoms with E-state index in [1.165, 1.54) is 64.2 Å². The first kappa shape index (κ1) is 13.7. The largest absolute Gasteiger partial charge is 0.343 e. The first-order valence-electron chi connectivity index (χ1n) is 7.74. The van der Waals surface area contributed by atoms with Gasteiger partial charge in [0.15, 0.2) is 5.96 Å². The molecular weight excluding hydrogens is 222 g/mol. The molecule has 2 aliphatic carbocycles. The Balaban J connectivity index is 1.87. The summed E-state index contributed by atoms with van der Waals surface area (Å²) in [6.07, 6.45) is 13.2. The molecule has 3 heteroatoms. The summed E-state index contributed by atoms with van der Waals surface area (Å²) in [5.74, 6) is 0.744. The lowest BCUT2D eigenvalue weighted by Gasteiger charge is -2.40. The van der Waals surface area contributed by atoms with Crippen LogP contribution in [0.3, 0.4) is 0 Å². The van der Waals surface area contributed by atoms with Crippen LogP contribution in [0.1, 0.15) is 64.2 Å². The van der Waals surface area contributed by atoms with E-state index in [4.69, 9.17) is 5.41 Å². The van der Waals surface area contributed by atoms with Gasteiger partial charge in [-0.2, -0.15) is 0 Å². The van der Waals surface area contributed by atoms with Crippen LogP contribution in [0.15, 0.2) is 0 Å². The summed E-state index contributed by atoms with van der Waals surface area (Å²) in [4.78, 5) is 4.46. The third-order valence-corrected chi connectivity index (χ3v) is 4.91. The van der Waals surface area contributed by atoms with Crippen LogP contribution in [0.4, 0.5) is 0 Å². The Morgan fingerprint density at radius 2 is 1.06 bits per heavy atom. The first-order chi connectivity index (χ1) is 8.70. The van der Waals surface area contributed by atoms with Crippen molar-refractivity contribution < 1.29 is 0 Å². The predicted octanol–water partition coefficient (Wildman–Crippen LogP) is 3.45. The number of hydrogen-bond acceptors (Lipinski definition) is 1. The molecule has 0 amide bonds. The molecule has 0 bridgehead atoms. The minimum absolute atomic E-state index is 0.609. The van der Waals surface area contributed by atoms with Crippen molar-refractivity contribution in [3.05, 3.63) is 0 Å². The standard InChI is InChI=1S/C15H29N3/c1-17(13-9-5-3-6-10-13)15(16)18(2)14-11-7-4-8-12-14/h13-14,16H,3-12H2,1-2H3. The predicted molar refractivity (Wildman–Crippen MR) is 77.0 cm³/mol. The van der Waals surface area contributed by atoms with Gasteiger partial charge >= 0.3 is 0 Å². The zero-order valence-corrected chi connectivity index (χ0v) is 12.1. The lowest BCUT2D eigenvalue weighted by molar-refractivity contribution is 0.210. The van der Waals surface area contributed by atoms with E-state index < -0.39 is 0 Å². The molecule has 0 aromatic heterocycles. The monoisotopic (exact) mass is 251 g/mol. The number of nitrogens with zero attached hydrogens (tertiary/aromatic N) is 2. The topological polar surface area (TPSA) is 30.3 Å². The van der Waals surface area contributed by atoms with Gasteiger partial charge < -0.3 is 9.80 Å². The average Bonchev–Trinajstić information content (AvgIpc) is 2.47. The number of hydrogen-bond donors (Lipinski definition) is 1. The van der Waals surface area contributed by atoms with Crippen LogP contribution in [0.25, 0.3) is 0 Å². The van der Waals surface area contributed by atoms with Crippen molar-refractivity contribution in [1.82, 2.24) is 9.80 Å². The molecule has 104 valence electrons. The summed E-state index contributed by atoms with van der Waals surface area (Å²) in [6.45, 7) is 0. The SMILES string of the molecule is CN(C(=N)N(C)C1CCCCC1)C1CCCCC1. The van der Waals surface area contributed by atoms with Crippen molar-refractivity contribution in [1.29, 1.82) is 5.41 Å². The lowest BCUT2D eigenvalue weighted by atomic mass is 9.93. The van der Waals surface area contributed by atoms with E-state index >= 15 is 0 Å². The Bertz CT molecular complexity index is 239. The maximum Gasteiger partial charge on any atom is 0.193 e. The van der Waals surface area contributed by atoms with Gasteiger partial charge in [0.2, 0.25) is 0 Å². The van der Waals surface area contributed by atoms with Crippen LogP contribution in [-0.4, -0.2) is 41.9 Å². The van der Waals surface area contributed by atoms with Crippen molar-refractivity contribution in [3.8, 4) is 0 Å². The van der Waals surface area contributed by atoms with Gasteiger partial charge in [-0.05, 0) is 25.7 Å². The molecule has 2 rings (SSSR count). The summed E-state index contributed by atoms with van der Waals surface area (Å²) >= 11 is 0. The molecule has 2 saturated carbocycles. The van der Waals surface area contributed by atoms with Crippen molar-refractivity contribution in [2.75, 3.05) is 14.1 Å². The molecule has 0 aromatic carbocycles. The lowest BCUT2D eigenvalue weighted by Crippen LogP contribution is -2.49. The zero-order valence-electron chi connectivity index (χ0n) is 12.1. The number of nitrogens with one attached hydrogen (secondary N) is 1. The van der Waals surface area contributed by atoms with Gasteiger partial charge in [-0.1, -0.05) is 38.5 Å². The minimum atomic E-state index is 0.609. The highest BCUT2D eigenvalue weighted by Gasteiger charge is 2.26. The molecule has 0 unspecified atom stereocenters. The van der Waals surface area contributed by atoms with Gasteiger partial charge in [0, 0.05) is 26.2 Å². The van der Waals surface area contributed by atoms with Crippen LogP contribution >= 0.6 is 0 Å². The Labute approximate surface area is 112 Å². The highest BCUT2D eigenvalue weighted by Crippen LogP contribution is 2.25. The fraction of sp³-hybridized carbons (Fsp3) is 0.933. The normalized spacial score (nSPS) is 22.8. The summed E-state index contributed by atoms with van der Waals surface area (Å²) in [5, 5.41) is 8.43. The van der Waals surface area contributed by atoms with Crippen molar-refractivity contribution in [3.63, 3.8) is 0 Å². The summed E-state index contributed by atoms with van der Waals surface area (Å²) < 4.78 is 0. The third kappa shape index (κ3) is 3.18. The van der Waals surface area contributed by atoms with Crippen LogP contribution < -0.4 is 0 Å². The van der Waals surface area contributed by atoms with E-state index in [2.05, 4.69) is 23.9 Å². The van der Waals surface area contributed by atoms with Crippen LogP contribution in [0.5, 0.6) is 0 Å². The van der Waals surface area contributed by atoms with Crippen molar-refractivity contribution in [2.24, 2.45) is 0 Å². The molecule has 0 atom stereocenters. The van der Waals surface area contributed by atoms with Crippen LogP contribution in [0, 0.1) is 5.41 Å². The summed E-state index contributed by atoms with van der Waals surface area (Å²) in [7, 11) is 4.25. The van der Waals surface area contributed by atoms with Gasteiger partial charge in [-0.15, -0.1) is 0 Å². The fourth-order valence-electron chi connectivity index (χ4n) is 3.53. The number of rotatable bonds is 2. The molecule has 18 heavy (non-hydrogen) atoms. The maximum atomic E-state index is 8.43. The van der Waals surface area contributed by atoms with Crippen molar-refractivity contribution in [2.45, 2.75) is 76.3 Å². The maximum absolute atomic E-state index is 8.43. The minimum Gasteiger partial charge on any atom is -0.343 e. The van der Waals surface area contributed by atoms with E-state index in [1.54, 1.807) is 0 Å². The Morgan fingerprint density at radius 3 is 1.39 bits per heavy atom. The van der Waals surface area contributed by atoms with E-state index in [-0.39, 0.29) is 0 Å². The van der Waals surface area contributed by atoms with Crippen molar-refractivity contribution >= 4 is 5.96 Å². The van der Waals surface area contributed by atoms with Gasteiger partial charge in [0.05, 0.1) is 0 Å². The quantitative estimate of drug-likeness (QED) is 0.602. The molecular formula is C15H29N3. The van der Waals surface area contributed by atoms with E-state index in [0.717, 1.165) is 5.96 Å². The van der Waals surface area contributed by atoms with E-state index in [0.29, 0.717) is 12.1 Å². The van der Waals surface area contributed by atoms with E-state index in [1.807, 2.05) is 0 Å². The highest BCUT2D eigenvalue weighted by atomic mass is 15.4. The molecule has 2 fully saturated rings. The smallest absolute Gasteiger partial charge is 0.193 e. The van der Waals surface area contributed by atoms with E-state index in [9.17, 15) is 0 Å². The van der Waals surface area contributed by atoms with Gasteiger partial charge in [0.25, 0.3) is 0 Å². The first-order valence-corrected chi connectivity index (χ1v) is 7.74. The highest BCUT2D eigenvalue weighted by molar-refractivity contribution is 5.77. The number of guanidine groups is 1. The van der Waals surface area contributed by atoms with Gasteiger partial charge in [-0.3, -0.25) is 5.41 Å². The molecule has 0 aliphatic heterocycles. The second kappa shape index (κ2) is 6.44. The Kier molecular flexibility index (Phi) is 4.90. The second-order valence-electron chi connectivity index (χ2n) is 6.13. The Morgan fingerprint density at radius 1 is 0.722 bits per heavy atom. The average molecular weight is 251 g/mol. The Hall–Kier alpha value is -0.730. The molecule has 0 spiro atoms. The molecule has 0 aromatic rings. The second-order valence-corrected chi connectivity index (χ2v) is 6.13. The molecule has 2 aliphatic rings. The molecule has 0 saturated heterocycles. The fourth-order valence-corrected chi connectivity index (χ4v) is 3.53. The third-order valence-electron chi connectivity index (χ3n) is 4.91.